The summed E-state index contributed by atoms with van der Waals surface area (Å²) in [6.45, 7) is 2.16. The predicted octanol–water partition coefficient (Wildman–Crippen LogP) is -0.258. The molecule has 5 heteroatoms. The van der Waals surface area contributed by atoms with Gasteiger partial charge in [-0.05, 0) is 6.42 Å². The molecule has 0 aliphatic rings. The normalized spacial score (nSPS) is 12.2. The fourth-order valence-corrected chi connectivity index (χ4v) is 0.542. The maximum atomic E-state index is 10.8. The quantitative estimate of drug-likeness (QED) is 0.562. The Hall–Kier alpha value is -1.10. The summed E-state index contributed by atoms with van der Waals surface area (Å²) >= 11 is 0. The molecule has 3 N–H and O–H groups in total. The van der Waals surface area contributed by atoms with Gasteiger partial charge in [-0.15, -0.1) is 0 Å². The maximum absolute atomic E-state index is 10.8. The van der Waals surface area contributed by atoms with Crippen LogP contribution in [0.5, 0.6) is 0 Å². The molecule has 0 fully saturated rings. The molecular weight excluding hydrogens is 162 g/mol. The highest BCUT2D eigenvalue weighted by Crippen LogP contribution is 1.93. The van der Waals surface area contributed by atoms with Crippen LogP contribution < -0.4 is 5.73 Å². The van der Waals surface area contributed by atoms with Crippen LogP contribution in [0.1, 0.15) is 19.8 Å². The fraction of sp³-hybridized carbons (Fsp3) is 0.714. The first-order valence-electron chi connectivity index (χ1n) is 3.72. The van der Waals surface area contributed by atoms with Crippen LogP contribution in [-0.4, -0.2) is 29.7 Å². The lowest BCUT2D eigenvalue weighted by atomic mass is 10.2. The first-order valence-corrected chi connectivity index (χ1v) is 3.72. The number of hydrogen-bond acceptors (Lipinski definition) is 4. The van der Waals surface area contributed by atoms with E-state index in [1.807, 2.05) is 6.92 Å². The Bertz CT molecular complexity index is 169. The van der Waals surface area contributed by atoms with E-state index in [0.717, 1.165) is 0 Å². The Kier molecular flexibility index (Phi) is 5.03. The molecule has 70 valence electrons. The predicted molar refractivity (Wildman–Crippen MR) is 41.5 cm³/mol. The van der Waals surface area contributed by atoms with E-state index >= 15 is 0 Å². The minimum Gasteiger partial charge on any atom is -0.480 e. The van der Waals surface area contributed by atoms with E-state index in [0.29, 0.717) is 13.0 Å². The second-order valence-corrected chi connectivity index (χ2v) is 2.37. The molecule has 0 amide bonds. The van der Waals surface area contributed by atoms with E-state index in [1.165, 1.54) is 0 Å². The molecule has 0 aromatic rings. The van der Waals surface area contributed by atoms with Crippen LogP contribution in [-0.2, 0) is 14.3 Å². The minimum absolute atomic E-state index is 0.269. The number of nitrogens with two attached hydrogens (primary N) is 1. The summed E-state index contributed by atoms with van der Waals surface area (Å²) in [7, 11) is 0. The van der Waals surface area contributed by atoms with Gasteiger partial charge in [0.2, 0.25) is 0 Å². The smallest absolute Gasteiger partial charge is 0.321 e. The van der Waals surface area contributed by atoms with Crippen LogP contribution in [0.4, 0.5) is 0 Å². The van der Waals surface area contributed by atoms with Crippen LogP contribution in [0.2, 0.25) is 0 Å². The molecule has 12 heavy (non-hydrogen) atoms. The van der Waals surface area contributed by atoms with Gasteiger partial charge in [0, 0.05) is 0 Å². The lowest BCUT2D eigenvalue weighted by Gasteiger charge is -2.05. The molecule has 0 aromatic carbocycles. The molecular formula is C7H13NO4. The highest BCUT2D eigenvalue weighted by molar-refractivity contribution is 5.81. The lowest BCUT2D eigenvalue weighted by Crippen LogP contribution is -2.33. The van der Waals surface area contributed by atoms with Crippen LogP contribution in [0, 0.1) is 0 Å². The van der Waals surface area contributed by atoms with Crippen molar-refractivity contribution < 1.29 is 19.4 Å². The van der Waals surface area contributed by atoms with Crippen LogP contribution in [0.15, 0.2) is 0 Å². The van der Waals surface area contributed by atoms with Gasteiger partial charge >= 0.3 is 11.9 Å². The molecule has 0 spiro atoms. The summed E-state index contributed by atoms with van der Waals surface area (Å²) in [5.74, 6) is -1.75. The van der Waals surface area contributed by atoms with E-state index in [2.05, 4.69) is 4.74 Å². The second-order valence-electron chi connectivity index (χ2n) is 2.37. The summed E-state index contributed by atoms with van der Waals surface area (Å²) in [5, 5.41) is 8.32. The number of hydrogen-bond donors (Lipinski definition) is 2. The van der Waals surface area contributed by atoms with Gasteiger partial charge in [-0.2, -0.15) is 0 Å². The molecule has 1 atom stereocenters. The van der Waals surface area contributed by atoms with E-state index in [9.17, 15) is 9.59 Å². The van der Waals surface area contributed by atoms with E-state index in [1.54, 1.807) is 0 Å². The highest BCUT2D eigenvalue weighted by Gasteiger charge is 2.16. The van der Waals surface area contributed by atoms with Crippen LogP contribution >= 0.6 is 0 Å². The van der Waals surface area contributed by atoms with Gasteiger partial charge in [-0.1, -0.05) is 6.92 Å². The number of carboxylic acids is 1. The van der Waals surface area contributed by atoms with Gasteiger partial charge in [-0.25, -0.2) is 0 Å². The Morgan fingerprint density at radius 2 is 2.17 bits per heavy atom. The van der Waals surface area contributed by atoms with Crippen molar-refractivity contribution in [2.24, 2.45) is 5.73 Å². The average Bonchev–Trinajstić information content (AvgIpc) is 2.00. The van der Waals surface area contributed by atoms with Crippen molar-refractivity contribution in [1.82, 2.24) is 0 Å². The van der Waals surface area contributed by atoms with Gasteiger partial charge in [0.15, 0.2) is 0 Å². The molecule has 0 aliphatic carbocycles. The molecule has 0 aliphatic heterocycles. The largest absolute Gasteiger partial charge is 0.480 e. The summed E-state index contributed by atoms with van der Waals surface area (Å²) < 4.78 is 4.63. The van der Waals surface area contributed by atoms with Crippen molar-refractivity contribution in [2.75, 3.05) is 6.61 Å². The van der Waals surface area contributed by atoms with Gasteiger partial charge in [0.25, 0.3) is 0 Å². The molecule has 0 saturated carbocycles. The zero-order chi connectivity index (χ0) is 9.56. The molecule has 1 unspecified atom stereocenters. The fourth-order valence-electron chi connectivity index (χ4n) is 0.542. The van der Waals surface area contributed by atoms with Crippen molar-refractivity contribution >= 4 is 11.9 Å². The molecule has 5 nitrogen and oxygen atoms in total. The molecule has 0 bridgehead atoms. The molecule has 0 saturated heterocycles. The van der Waals surface area contributed by atoms with Crippen molar-refractivity contribution in [3.63, 3.8) is 0 Å². The Morgan fingerprint density at radius 3 is 2.58 bits per heavy atom. The Balaban J connectivity index is 3.61. The van der Waals surface area contributed by atoms with Crippen molar-refractivity contribution in [2.45, 2.75) is 25.8 Å². The Labute approximate surface area is 70.5 Å². The first kappa shape index (κ1) is 10.9. The number of aliphatic carboxylic acids is 1. The Morgan fingerprint density at radius 1 is 1.58 bits per heavy atom. The molecule has 0 rings (SSSR count). The molecule has 0 heterocycles. The number of carboxylic acid groups (broad SMARTS) is 1. The minimum atomic E-state index is -1.19. The molecule has 0 aromatic heterocycles. The summed E-state index contributed by atoms with van der Waals surface area (Å²) in [5.41, 5.74) is 5.09. The van der Waals surface area contributed by atoms with Crippen molar-refractivity contribution in [3.05, 3.63) is 0 Å². The van der Waals surface area contributed by atoms with E-state index in [4.69, 9.17) is 10.8 Å². The number of rotatable bonds is 5. The summed E-state index contributed by atoms with van der Waals surface area (Å²) in [6, 6.07) is -1.16. The summed E-state index contributed by atoms with van der Waals surface area (Å²) in [6.07, 6.45) is 0.448. The average molecular weight is 175 g/mol. The molecule has 0 radical (unpaired) electrons. The van der Waals surface area contributed by atoms with E-state index < -0.39 is 18.0 Å². The van der Waals surface area contributed by atoms with Crippen molar-refractivity contribution in [3.8, 4) is 0 Å². The van der Waals surface area contributed by atoms with Crippen LogP contribution in [0.25, 0.3) is 0 Å². The zero-order valence-electron chi connectivity index (χ0n) is 6.95. The third-order valence-corrected chi connectivity index (χ3v) is 1.17. The number of ether oxygens (including phenoxy) is 1. The zero-order valence-corrected chi connectivity index (χ0v) is 6.95. The van der Waals surface area contributed by atoms with Crippen LogP contribution in [0.3, 0.4) is 0 Å². The highest BCUT2D eigenvalue weighted by atomic mass is 16.5. The monoisotopic (exact) mass is 175 g/mol. The van der Waals surface area contributed by atoms with Crippen molar-refractivity contribution in [1.29, 1.82) is 0 Å². The SMILES string of the molecule is CCCOC(=O)CC(N)C(=O)O. The lowest BCUT2D eigenvalue weighted by molar-refractivity contribution is -0.148. The third kappa shape index (κ3) is 4.68. The first-order chi connectivity index (χ1) is 5.57. The van der Waals surface area contributed by atoms with E-state index in [-0.39, 0.29) is 6.42 Å². The van der Waals surface area contributed by atoms with Gasteiger partial charge in [-0.3, -0.25) is 9.59 Å². The third-order valence-electron chi connectivity index (χ3n) is 1.17. The summed E-state index contributed by atoms with van der Waals surface area (Å²) in [4.78, 5) is 20.9. The maximum Gasteiger partial charge on any atom is 0.321 e. The van der Waals surface area contributed by atoms with Gasteiger partial charge < -0.3 is 15.6 Å². The van der Waals surface area contributed by atoms with Gasteiger partial charge in [0.1, 0.15) is 6.04 Å². The number of esters is 1. The second kappa shape index (κ2) is 5.54. The van der Waals surface area contributed by atoms with Gasteiger partial charge in [0.05, 0.1) is 13.0 Å². The number of carbonyl (C=O) groups is 2. The standard InChI is InChI=1S/C7H13NO4/c1-2-3-12-6(9)4-5(8)7(10)11/h5H,2-4,8H2,1H3,(H,10,11). The topological polar surface area (TPSA) is 89.6 Å². The number of carbonyl (C=O) groups excluding carboxylic acids is 1.